The number of quaternary nitrogens is 1. The second-order valence-corrected chi connectivity index (χ2v) is 30.0. The first kappa shape index (κ1) is 86.8. The Hall–Kier alpha value is -1.25. The average Bonchev–Trinajstić information content (AvgIpc) is 3.62. The Kier molecular flexibility index (Phi) is 67.6. The van der Waals surface area contributed by atoms with Gasteiger partial charge in [0.05, 0.1) is 33.8 Å². The Morgan fingerprint density at radius 3 is 0.932 bits per heavy atom. The van der Waals surface area contributed by atoms with E-state index in [1.807, 2.05) is 33.3 Å². The first-order chi connectivity index (χ1) is 42.9. The van der Waals surface area contributed by atoms with Gasteiger partial charge < -0.3 is 28.5 Å². The van der Waals surface area contributed by atoms with Crippen molar-refractivity contribution in [3.05, 3.63) is 12.2 Å². The fraction of sp³-hybridized carbons (Fsp3) is 0.949. The average molecular weight is 1260 g/mol. The summed E-state index contributed by atoms with van der Waals surface area (Å²) in [7, 11) is 1.22. The second kappa shape index (κ2) is 68.6. The van der Waals surface area contributed by atoms with E-state index in [9.17, 15) is 19.0 Å². The minimum absolute atomic E-state index is 0.0162. The molecular weight excluding hydrogens is 1110 g/mol. The van der Waals surface area contributed by atoms with Crippen molar-refractivity contribution >= 4 is 19.7 Å². The number of nitrogens with zero attached hydrogens (tertiary/aromatic N) is 1. The smallest absolute Gasteiger partial charge is 0.306 e. The van der Waals surface area contributed by atoms with Gasteiger partial charge in [0.25, 0.3) is 7.82 Å². The summed E-state index contributed by atoms with van der Waals surface area (Å²) < 4.78 is 30.5. The molecule has 0 aromatic carbocycles. The van der Waals surface area contributed by atoms with E-state index in [0.717, 1.165) is 57.8 Å². The number of unbranched alkanes of at least 4 members (excludes halogenated alkanes) is 58. The quantitative estimate of drug-likeness (QED) is 0.0212. The maximum atomic E-state index is 13.6. The molecule has 0 aromatic heterocycles. The van der Waals surface area contributed by atoms with Crippen LogP contribution in [0, 0.1) is 0 Å². The van der Waals surface area contributed by atoms with Gasteiger partial charge in [0, 0.05) is 12.8 Å². The molecule has 3 unspecified atom stereocenters. The summed E-state index contributed by atoms with van der Waals surface area (Å²) in [4.78, 5) is 40.3. The first-order valence-electron chi connectivity index (χ1n) is 39.5. The van der Waals surface area contributed by atoms with E-state index in [2.05, 4.69) is 26.1 Å². The van der Waals surface area contributed by atoms with Crippen LogP contribution in [-0.2, 0) is 27.9 Å². The number of carbonyl (C=O) groups is 2. The lowest BCUT2D eigenvalue weighted by Gasteiger charge is -2.30. The molecule has 0 aliphatic carbocycles. The fourth-order valence-corrected chi connectivity index (χ4v) is 13.1. The van der Waals surface area contributed by atoms with Crippen LogP contribution >= 0.6 is 7.82 Å². The molecule has 0 aliphatic rings. The van der Waals surface area contributed by atoms with Gasteiger partial charge in [-0.1, -0.05) is 393 Å². The van der Waals surface area contributed by atoms with Crippen LogP contribution in [0.4, 0.5) is 0 Å². The van der Waals surface area contributed by atoms with Crippen molar-refractivity contribution in [2.24, 2.45) is 0 Å². The molecule has 0 aromatic rings. The fourth-order valence-electron chi connectivity index (χ4n) is 12.4. The number of carbonyl (C=O) groups excluding carboxylic acids is 2. The molecule has 0 bridgehead atoms. The molecule has 0 rings (SSSR count). The Labute approximate surface area is 550 Å². The molecule has 1 amide bonds. The van der Waals surface area contributed by atoms with Gasteiger partial charge >= 0.3 is 5.97 Å². The Bertz CT molecular complexity index is 1500. The highest BCUT2D eigenvalue weighted by molar-refractivity contribution is 7.45. The normalized spacial score (nSPS) is 13.4. The Morgan fingerprint density at radius 1 is 0.386 bits per heavy atom. The van der Waals surface area contributed by atoms with E-state index in [-0.39, 0.29) is 31.5 Å². The third-order valence-corrected chi connectivity index (χ3v) is 19.4. The molecule has 0 spiro atoms. The minimum atomic E-state index is -4.70. The summed E-state index contributed by atoms with van der Waals surface area (Å²) in [6.45, 7) is 6.94. The Balaban J connectivity index is 4.88. The zero-order valence-electron chi connectivity index (χ0n) is 60.2. The van der Waals surface area contributed by atoms with Crippen LogP contribution in [-0.4, -0.2) is 69.4 Å². The van der Waals surface area contributed by atoms with E-state index in [4.69, 9.17) is 13.8 Å². The van der Waals surface area contributed by atoms with Gasteiger partial charge in [-0.3, -0.25) is 14.2 Å². The maximum absolute atomic E-state index is 13.6. The lowest BCUT2D eigenvalue weighted by atomic mass is 10.0. The number of nitrogens with one attached hydrogen (secondary N) is 1. The van der Waals surface area contributed by atoms with Crippen molar-refractivity contribution in [1.29, 1.82) is 0 Å². The highest BCUT2D eigenvalue weighted by Crippen LogP contribution is 2.38. The molecule has 0 aliphatic heterocycles. The molecule has 0 heterocycles. The standard InChI is InChI=1S/C78H155N2O7P/c1-7-10-13-16-19-22-25-28-30-32-34-36-38-39-40-41-43-45-47-49-51-53-56-59-62-65-68-71-78(82)87-76(69-66-63-60-57-54-27-24-21-18-15-12-9-3)75(74-86-88(83,84)85-73-72-80(4,5)6)79-77(81)70-67-64-61-58-55-52-50-48-46-44-42-37-35-33-31-29-26-23-20-17-14-11-8-2/h66,69,75-76H,7-65,67-68,70-74H2,1-6H3,(H-,79,81,83,84)/b69-66+. The van der Waals surface area contributed by atoms with Gasteiger partial charge in [-0.05, 0) is 31.8 Å². The second-order valence-electron chi connectivity index (χ2n) is 28.6. The number of esters is 1. The van der Waals surface area contributed by atoms with Crippen molar-refractivity contribution in [2.75, 3.05) is 40.9 Å². The topological polar surface area (TPSA) is 114 Å². The van der Waals surface area contributed by atoms with E-state index < -0.39 is 20.0 Å². The monoisotopic (exact) mass is 1260 g/mol. The Morgan fingerprint density at radius 2 is 0.648 bits per heavy atom. The zero-order chi connectivity index (χ0) is 64.2. The number of allylic oxidation sites excluding steroid dienone is 1. The van der Waals surface area contributed by atoms with E-state index in [0.29, 0.717) is 17.4 Å². The third kappa shape index (κ3) is 69.1. The highest BCUT2D eigenvalue weighted by atomic mass is 31.2. The molecule has 9 nitrogen and oxygen atoms in total. The predicted molar refractivity (Wildman–Crippen MR) is 381 cm³/mol. The molecular formula is C78H155N2O7P. The predicted octanol–water partition coefficient (Wildman–Crippen LogP) is 24.8. The summed E-state index contributed by atoms with van der Waals surface area (Å²) in [5, 5.41) is 3.06. The van der Waals surface area contributed by atoms with Crippen LogP contribution < -0.4 is 10.2 Å². The van der Waals surface area contributed by atoms with E-state index in [1.54, 1.807) is 0 Å². The lowest BCUT2D eigenvalue weighted by molar-refractivity contribution is -0.870. The molecule has 0 fully saturated rings. The number of phosphoric ester groups is 1. The number of hydrogen-bond acceptors (Lipinski definition) is 7. The molecule has 1 N–H and O–H groups in total. The molecule has 524 valence electrons. The molecule has 3 atom stereocenters. The van der Waals surface area contributed by atoms with Crippen LogP contribution in [0.1, 0.15) is 425 Å². The van der Waals surface area contributed by atoms with Crippen molar-refractivity contribution < 1.29 is 37.3 Å². The van der Waals surface area contributed by atoms with Gasteiger partial charge in [-0.15, -0.1) is 0 Å². The molecule has 0 saturated heterocycles. The van der Waals surface area contributed by atoms with Crippen molar-refractivity contribution in [3.63, 3.8) is 0 Å². The number of amides is 1. The number of likely N-dealkylation sites (N-methyl/N-ethyl adjacent to an activating group) is 1. The maximum Gasteiger partial charge on any atom is 0.306 e. The van der Waals surface area contributed by atoms with Gasteiger partial charge in [0.2, 0.25) is 5.91 Å². The molecule has 88 heavy (non-hydrogen) atoms. The highest BCUT2D eigenvalue weighted by Gasteiger charge is 2.27. The van der Waals surface area contributed by atoms with Crippen molar-refractivity contribution in [3.8, 4) is 0 Å². The van der Waals surface area contributed by atoms with Gasteiger partial charge in [0.1, 0.15) is 19.3 Å². The van der Waals surface area contributed by atoms with Crippen molar-refractivity contribution in [1.82, 2.24) is 5.32 Å². The SMILES string of the molecule is CCCCCCCCCCCC/C=C/C(OC(=O)CCCCCCCCCCCCCCCCCCCCCCCCCCCCC)C(COP(=O)([O-])OCC[N+](C)(C)C)NC(=O)CCCCCCCCCCCCCCCCCCCCCCCCC. The third-order valence-electron chi connectivity index (χ3n) is 18.5. The minimum Gasteiger partial charge on any atom is -0.756 e. The summed E-state index contributed by atoms with van der Waals surface area (Å²) >= 11 is 0. The molecule has 0 saturated carbocycles. The summed E-state index contributed by atoms with van der Waals surface area (Å²) in [6.07, 6.45) is 83.6. The number of ether oxygens (including phenoxy) is 1. The summed E-state index contributed by atoms with van der Waals surface area (Å²) in [6, 6.07) is -0.881. The van der Waals surface area contributed by atoms with Gasteiger partial charge in [-0.25, -0.2) is 0 Å². The zero-order valence-corrected chi connectivity index (χ0v) is 61.1. The van der Waals surface area contributed by atoms with Gasteiger partial charge in [0.15, 0.2) is 0 Å². The summed E-state index contributed by atoms with van der Waals surface area (Å²) in [5.41, 5.74) is 0. The van der Waals surface area contributed by atoms with Gasteiger partial charge in [-0.2, -0.15) is 0 Å². The molecule has 0 radical (unpaired) electrons. The van der Waals surface area contributed by atoms with Crippen LogP contribution in [0.3, 0.4) is 0 Å². The lowest BCUT2D eigenvalue weighted by Crippen LogP contribution is -2.47. The first-order valence-corrected chi connectivity index (χ1v) is 41.0. The van der Waals surface area contributed by atoms with Crippen LogP contribution in [0.2, 0.25) is 0 Å². The number of phosphoric acid groups is 1. The van der Waals surface area contributed by atoms with Crippen LogP contribution in [0.5, 0.6) is 0 Å². The number of hydrogen-bond donors (Lipinski definition) is 1. The largest absolute Gasteiger partial charge is 0.756 e. The number of rotatable bonds is 74. The van der Waals surface area contributed by atoms with E-state index in [1.165, 1.54) is 334 Å². The van der Waals surface area contributed by atoms with Crippen LogP contribution in [0.25, 0.3) is 0 Å². The van der Waals surface area contributed by atoms with Crippen LogP contribution in [0.15, 0.2) is 12.2 Å². The van der Waals surface area contributed by atoms with E-state index >= 15 is 0 Å². The van der Waals surface area contributed by atoms with Crippen molar-refractivity contribution in [2.45, 2.75) is 437 Å². The summed E-state index contributed by atoms with van der Waals surface area (Å²) in [5.74, 6) is -0.509. The molecule has 10 heteroatoms.